The van der Waals surface area contributed by atoms with E-state index in [4.69, 9.17) is 0 Å². The SMILES string of the molecule is Cc1cccc(Sc2nccnc2SCC(=O)N2CCN(c3cc(C)ccc3C)CC2)c1. The summed E-state index contributed by atoms with van der Waals surface area (Å²) >= 11 is 3.06. The molecule has 0 N–H and O–H groups in total. The predicted molar refractivity (Wildman–Crippen MR) is 133 cm³/mol. The number of piperazine rings is 1. The van der Waals surface area contributed by atoms with E-state index in [2.05, 4.69) is 72.0 Å². The summed E-state index contributed by atoms with van der Waals surface area (Å²) in [6.07, 6.45) is 3.40. The van der Waals surface area contributed by atoms with E-state index < -0.39 is 0 Å². The molecule has 1 fully saturated rings. The lowest BCUT2D eigenvalue weighted by Crippen LogP contribution is -2.49. The minimum atomic E-state index is 0.160. The van der Waals surface area contributed by atoms with Crippen molar-refractivity contribution in [2.45, 2.75) is 35.7 Å². The molecule has 1 amide bonds. The van der Waals surface area contributed by atoms with Crippen molar-refractivity contribution >= 4 is 35.1 Å². The summed E-state index contributed by atoms with van der Waals surface area (Å²) in [6, 6.07) is 14.9. The Bertz CT molecular complexity index is 1100. The maximum Gasteiger partial charge on any atom is 0.233 e. The molecule has 32 heavy (non-hydrogen) atoms. The molecule has 3 aromatic rings. The van der Waals surface area contributed by atoms with Gasteiger partial charge < -0.3 is 9.80 Å². The van der Waals surface area contributed by atoms with E-state index in [9.17, 15) is 4.79 Å². The Balaban J connectivity index is 1.33. The van der Waals surface area contributed by atoms with Crippen LogP contribution in [0.5, 0.6) is 0 Å². The van der Waals surface area contributed by atoms with E-state index in [-0.39, 0.29) is 5.91 Å². The van der Waals surface area contributed by atoms with Crippen molar-refractivity contribution < 1.29 is 4.79 Å². The molecular weight excluding hydrogens is 436 g/mol. The number of carbonyl (C=O) groups is 1. The third kappa shape index (κ3) is 5.64. The topological polar surface area (TPSA) is 49.3 Å². The molecule has 1 aromatic heterocycles. The van der Waals surface area contributed by atoms with E-state index in [1.54, 1.807) is 24.2 Å². The monoisotopic (exact) mass is 464 g/mol. The average molecular weight is 465 g/mol. The lowest BCUT2D eigenvalue weighted by Gasteiger charge is -2.37. The molecule has 1 aliphatic rings. The van der Waals surface area contributed by atoms with Crippen LogP contribution in [0.25, 0.3) is 0 Å². The van der Waals surface area contributed by atoms with Gasteiger partial charge in [0.15, 0.2) is 0 Å². The maximum atomic E-state index is 12.9. The highest BCUT2D eigenvalue weighted by molar-refractivity contribution is 8.02. The van der Waals surface area contributed by atoms with Crippen LogP contribution in [-0.2, 0) is 4.79 Å². The Morgan fingerprint density at radius 3 is 2.38 bits per heavy atom. The molecule has 0 bridgehead atoms. The van der Waals surface area contributed by atoms with Gasteiger partial charge in [-0.05, 0) is 50.1 Å². The van der Waals surface area contributed by atoms with Crippen molar-refractivity contribution in [1.29, 1.82) is 0 Å². The molecule has 2 aromatic carbocycles. The molecule has 0 aliphatic carbocycles. The lowest BCUT2D eigenvalue weighted by molar-refractivity contribution is -0.128. The predicted octanol–water partition coefficient (Wildman–Crippen LogP) is 4.99. The van der Waals surface area contributed by atoms with Gasteiger partial charge in [0.2, 0.25) is 5.91 Å². The van der Waals surface area contributed by atoms with Gasteiger partial charge in [-0.25, -0.2) is 9.97 Å². The zero-order valence-electron chi connectivity index (χ0n) is 18.7. The number of hydrogen-bond acceptors (Lipinski definition) is 6. The quantitative estimate of drug-likeness (QED) is 0.479. The van der Waals surface area contributed by atoms with Crippen molar-refractivity contribution in [3.8, 4) is 0 Å². The van der Waals surface area contributed by atoms with Crippen LogP contribution in [0.4, 0.5) is 5.69 Å². The number of aromatic nitrogens is 2. The summed E-state index contributed by atoms with van der Waals surface area (Å²) in [5, 5.41) is 1.65. The summed E-state index contributed by atoms with van der Waals surface area (Å²) in [4.78, 5) is 27.4. The van der Waals surface area contributed by atoms with Gasteiger partial charge in [-0.2, -0.15) is 0 Å². The first-order valence-electron chi connectivity index (χ1n) is 10.8. The molecule has 2 heterocycles. The van der Waals surface area contributed by atoms with Crippen molar-refractivity contribution in [2.75, 3.05) is 36.8 Å². The van der Waals surface area contributed by atoms with Crippen LogP contribution in [0.2, 0.25) is 0 Å². The first kappa shape index (κ1) is 22.7. The van der Waals surface area contributed by atoms with E-state index in [0.29, 0.717) is 5.75 Å². The van der Waals surface area contributed by atoms with Gasteiger partial charge in [0, 0.05) is 49.2 Å². The molecule has 1 saturated heterocycles. The Morgan fingerprint density at radius 1 is 0.906 bits per heavy atom. The van der Waals surface area contributed by atoms with Crippen molar-refractivity contribution in [3.63, 3.8) is 0 Å². The van der Waals surface area contributed by atoms with Gasteiger partial charge in [0.25, 0.3) is 0 Å². The zero-order valence-corrected chi connectivity index (χ0v) is 20.4. The van der Waals surface area contributed by atoms with Crippen LogP contribution in [0, 0.1) is 20.8 Å². The minimum Gasteiger partial charge on any atom is -0.368 e. The Hall–Kier alpha value is -2.51. The first-order chi connectivity index (χ1) is 15.5. The summed E-state index contributed by atoms with van der Waals surface area (Å²) in [5.74, 6) is 0.538. The van der Waals surface area contributed by atoms with Crippen LogP contribution < -0.4 is 4.90 Å². The second kappa shape index (κ2) is 10.4. The van der Waals surface area contributed by atoms with Crippen molar-refractivity contribution in [3.05, 3.63) is 71.5 Å². The van der Waals surface area contributed by atoms with E-state index in [1.807, 2.05) is 11.0 Å². The number of nitrogens with zero attached hydrogens (tertiary/aromatic N) is 4. The van der Waals surface area contributed by atoms with Crippen LogP contribution in [0.15, 0.2) is 69.8 Å². The highest BCUT2D eigenvalue weighted by Gasteiger charge is 2.23. The fourth-order valence-corrected chi connectivity index (χ4v) is 5.67. The number of thioether (sulfide) groups is 1. The van der Waals surface area contributed by atoms with Gasteiger partial charge in [-0.3, -0.25) is 4.79 Å². The zero-order chi connectivity index (χ0) is 22.5. The second-order valence-electron chi connectivity index (χ2n) is 8.03. The van der Waals surface area contributed by atoms with Crippen molar-refractivity contribution in [2.24, 2.45) is 0 Å². The minimum absolute atomic E-state index is 0.160. The number of carbonyl (C=O) groups excluding carboxylic acids is 1. The lowest BCUT2D eigenvalue weighted by atomic mass is 10.1. The van der Waals surface area contributed by atoms with E-state index in [0.717, 1.165) is 41.1 Å². The number of benzene rings is 2. The summed E-state index contributed by atoms with van der Waals surface area (Å²) in [6.45, 7) is 9.57. The molecule has 0 radical (unpaired) electrons. The highest BCUT2D eigenvalue weighted by atomic mass is 32.2. The molecule has 0 atom stereocenters. The van der Waals surface area contributed by atoms with Crippen LogP contribution in [-0.4, -0.2) is 52.7 Å². The first-order valence-corrected chi connectivity index (χ1v) is 12.6. The largest absolute Gasteiger partial charge is 0.368 e. The molecule has 1 aliphatic heterocycles. The Labute approximate surface area is 198 Å². The fraction of sp³-hybridized carbons (Fsp3) is 0.320. The number of aryl methyl sites for hydroxylation is 3. The summed E-state index contributed by atoms with van der Waals surface area (Å²) < 4.78 is 0. The molecule has 0 unspecified atom stereocenters. The Morgan fingerprint density at radius 2 is 1.62 bits per heavy atom. The average Bonchev–Trinajstić information content (AvgIpc) is 2.80. The second-order valence-corrected chi connectivity index (χ2v) is 10.1. The van der Waals surface area contributed by atoms with E-state index in [1.165, 1.54) is 34.1 Å². The molecule has 5 nitrogen and oxygen atoms in total. The number of rotatable bonds is 6. The summed E-state index contributed by atoms with van der Waals surface area (Å²) in [7, 11) is 0. The molecule has 7 heteroatoms. The van der Waals surface area contributed by atoms with Gasteiger partial charge >= 0.3 is 0 Å². The molecule has 0 spiro atoms. The molecule has 0 saturated carbocycles. The number of anilines is 1. The van der Waals surface area contributed by atoms with Gasteiger partial charge in [-0.15, -0.1) is 0 Å². The molecule has 166 valence electrons. The maximum absolute atomic E-state index is 12.9. The number of amides is 1. The van der Waals surface area contributed by atoms with Crippen LogP contribution in [0.3, 0.4) is 0 Å². The van der Waals surface area contributed by atoms with Gasteiger partial charge in [0.05, 0.1) is 5.75 Å². The van der Waals surface area contributed by atoms with Gasteiger partial charge in [0.1, 0.15) is 10.1 Å². The molecule has 4 rings (SSSR count). The van der Waals surface area contributed by atoms with Crippen LogP contribution in [0.1, 0.15) is 16.7 Å². The highest BCUT2D eigenvalue weighted by Crippen LogP contribution is 2.33. The smallest absolute Gasteiger partial charge is 0.233 e. The van der Waals surface area contributed by atoms with Crippen LogP contribution >= 0.6 is 23.5 Å². The fourth-order valence-electron chi connectivity index (χ4n) is 3.75. The number of hydrogen-bond donors (Lipinski definition) is 0. The van der Waals surface area contributed by atoms with E-state index >= 15 is 0 Å². The normalized spacial score (nSPS) is 14.0. The summed E-state index contributed by atoms with van der Waals surface area (Å²) in [5.41, 5.74) is 5.04. The third-order valence-corrected chi connectivity index (χ3v) is 7.58. The third-order valence-electron chi connectivity index (χ3n) is 5.51. The molecular formula is C25H28N4OS2. The standard InChI is InChI=1S/C25H28N4OS2/c1-18-5-4-6-21(15-18)32-25-24(26-9-10-27-25)31-17-23(30)29-13-11-28(12-14-29)22-16-19(2)7-8-20(22)3/h4-10,15-16H,11-14,17H2,1-3H3. The van der Waals surface area contributed by atoms with Crippen molar-refractivity contribution in [1.82, 2.24) is 14.9 Å². The Kier molecular flexibility index (Phi) is 7.37. The van der Waals surface area contributed by atoms with Gasteiger partial charge in [-0.1, -0.05) is 53.4 Å².